The Morgan fingerprint density at radius 2 is 1.75 bits per heavy atom. The summed E-state index contributed by atoms with van der Waals surface area (Å²) in [5, 5.41) is 17.7. The summed E-state index contributed by atoms with van der Waals surface area (Å²) in [4.78, 5) is 0. The molecule has 0 aromatic carbocycles. The van der Waals surface area contributed by atoms with E-state index in [0.717, 1.165) is 0 Å². The van der Waals surface area contributed by atoms with Gasteiger partial charge in [0.1, 0.15) is 0 Å². The standard InChI is InChI=1S/C10H18O2/c1-10(2,12)8-6-4-3-5-7-9-11/h3-6,11-12H,7-9H2,1-2H3. The van der Waals surface area contributed by atoms with E-state index < -0.39 is 5.60 Å². The summed E-state index contributed by atoms with van der Waals surface area (Å²) in [7, 11) is 0. The molecule has 0 atom stereocenters. The molecule has 0 aliphatic heterocycles. The lowest BCUT2D eigenvalue weighted by atomic mass is 10.1. The van der Waals surface area contributed by atoms with Gasteiger partial charge in [-0.05, 0) is 26.7 Å². The molecule has 0 amide bonds. The number of aliphatic hydroxyl groups is 2. The summed E-state index contributed by atoms with van der Waals surface area (Å²) in [5.41, 5.74) is -0.624. The Morgan fingerprint density at radius 3 is 2.25 bits per heavy atom. The first-order chi connectivity index (χ1) is 5.56. The maximum Gasteiger partial charge on any atom is 0.0626 e. The minimum atomic E-state index is -0.624. The van der Waals surface area contributed by atoms with E-state index in [1.54, 1.807) is 13.8 Å². The number of aliphatic hydroxyl groups excluding tert-OH is 1. The van der Waals surface area contributed by atoms with E-state index in [1.807, 2.05) is 24.3 Å². The van der Waals surface area contributed by atoms with Gasteiger partial charge in [0, 0.05) is 6.61 Å². The second-order valence-corrected chi connectivity index (χ2v) is 3.39. The van der Waals surface area contributed by atoms with Crippen molar-refractivity contribution in [1.82, 2.24) is 0 Å². The molecule has 0 spiro atoms. The molecule has 0 fully saturated rings. The van der Waals surface area contributed by atoms with Crippen molar-refractivity contribution in [3.63, 3.8) is 0 Å². The Kier molecular flexibility index (Phi) is 5.68. The molecule has 0 heterocycles. The number of rotatable bonds is 5. The molecular formula is C10H18O2. The molecule has 0 bridgehead atoms. The van der Waals surface area contributed by atoms with Crippen molar-refractivity contribution in [2.75, 3.05) is 6.61 Å². The van der Waals surface area contributed by atoms with E-state index in [2.05, 4.69) is 0 Å². The SMILES string of the molecule is CC(C)(O)CC=CC=CCCO. The van der Waals surface area contributed by atoms with Crippen LogP contribution in [0.2, 0.25) is 0 Å². The molecule has 0 rings (SSSR count). The summed E-state index contributed by atoms with van der Waals surface area (Å²) in [6.45, 7) is 3.74. The van der Waals surface area contributed by atoms with Crippen molar-refractivity contribution >= 4 is 0 Å². The largest absolute Gasteiger partial charge is 0.396 e. The van der Waals surface area contributed by atoms with Crippen LogP contribution in [0, 0.1) is 0 Å². The summed E-state index contributed by atoms with van der Waals surface area (Å²) >= 11 is 0. The molecule has 70 valence electrons. The van der Waals surface area contributed by atoms with Gasteiger partial charge < -0.3 is 10.2 Å². The van der Waals surface area contributed by atoms with E-state index in [0.29, 0.717) is 12.8 Å². The first-order valence-electron chi connectivity index (χ1n) is 4.21. The van der Waals surface area contributed by atoms with Crippen molar-refractivity contribution in [2.45, 2.75) is 32.3 Å². The van der Waals surface area contributed by atoms with Crippen molar-refractivity contribution in [1.29, 1.82) is 0 Å². The van der Waals surface area contributed by atoms with Crippen LogP contribution >= 0.6 is 0 Å². The second kappa shape index (κ2) is 5.98. The number of hydrogen-bond acceptors (Lipinski definition) is 2. The second-order valence-electron chi connectivity index (χ2n) is 3.39. The van der Waals surface area contributed by atoms with Gasteiger partial charge in [0.2, 0.25) is 0 Å². The minimum absolute atomic E-state index is 0.190. The zero-order valence-corrected chi connectivity index (χ0v) is 7.83. The smallest absolute Gasteiger partial charge is 0.0626 e. The lowest BCUT2D eigenvalue weighted by Crippen LogP contribution is -2.16. The highest BCUT2D eigenvalue weighted by Gasteiger charge is 2.07. The lowest BCUT2D eigenvalue weighted by molar-refractivity contribution is 0.0839. The quantitative estimate of drug-likeness (QED) is 0.616. The van der Waals surface area contributed by atoms with Crippen LogP contribution in [0.5, 0.6) is 0 Å². The predicted octanol–water partition coefficient (Wildman–Crippen LogP) is 1.64. The van der Waals surface area contributed by atoms with Crippen molar-refractivity contribution in [3.8, 4) is 0 Å². The fraction of sp³-hybridized carbons (Fsp3) is 0.600. The Bertz CT molecular complexity index is 152. The number of allylic oxidation sites excluding steroid dienone is 2. The molecule has 0 unspecified atom stereocenters. The molecule has 0 saturated carbocycles. The zero-order chi connectivity index (χ0) is 9.45. The highest BCUT2D eigenvalue weighted by atomic mass is 16.3. The molecule has 0 radical (unpaired) electrons. The summed E-state index contributed by atoms with van der Waals surface area (Å²) in [6, 6.07) is 0. The molecule has 12 heavy (non-hydrogen) atoms. The fourth-order valence-electron chi connectivity index (χ4n) is 0.684. The third-order valence-corrected chi connectivity index (χ3v) is 1.30. The zero-order valence-electron chi connectivity index (χ0n) is 7.83. The van der Waals surface area contributed by atoms with Crippen LogP contribution in [0.3, 0.4) is 0 Å². The van der Waals surface area contributed by atoms with E-state index in [9.17, 15) is 5.11 Å². The first-order valence-corrected chi connectivity index (χ1v) is 4.21. The van der Waals surface area contributed by atoms with Crippen molar-refractivity contribution in [3.05, 3.63) is 24.3 Å². The van der Waals surface area contributed by atoms with Crippen LogP contribution in [-0.2, 0) is 0 Å². The third kappa shape index (κ3) is 9.40. The van der Waals surface area contributed by atoms with E-state index in [1.165, 1.54) is 0 Å². The Hall–Kier alpha value is -0.600. The summed E-state index contributed by atoms with van der Waals surface area (Å²) in [5.74, 6) is 0. The maximum atomic E-state index is 9.31. The first kappa shape index (κ1) is 11.4. The lowest BCUT2D eigenvalue weighted by Gasteiger charge is -2.12. The van der Waals surface area contributed by atoms with Gasteiger partial charge in [-0.3, -0.25) is 0 Å². The van der Waals surface area contributed by atoms with Gasteiger partial charge in [0.25, 0.3) is 0 Å². The van der Waals surface area contributed by atoms with Crippen LogP contribution in [0.15, 0.2) is 24.3 Å². The molecule has 0 aliphatic rings. The summed E-state index contributed by atoms with van der Waals surface area (Å²) in [6.07, 6.45) is 8.90. The average Bonchev–Trinajstić information content (AvgIpc) is 1.94. The van der Waals surface area contributed by atoms with Gasteiger partial charge in [-0.25, -0.2) is 0 Å². The Morgan fingerprint density at radius 1 is 1.17 bits per heavy atom. The predicted molar refractivity (Wildman–Crippen MR) is 50.9 cm³/mol. The van der Waals surface area contributed by atoms with Gasteiger partial charge >= 0.3 is 0 Å². The average molecular weight is 170 g/mol. The van der Waals surface area contributed by atoms with Crippen LogP contribution in [0.1, 0.15) is 26.7 Å². The Balaban J connectivity index is 3.50. The summed E-state index contributed by atoms with van der Waals surface area (Å²) < 4.78 is 0. The topological polar surface area (TPSA) is 40.5 Å². The van der Waals surface area contributed by atoms with E-state index >= 15 is 0 Å². The van der Waals surface area contributed by atoms with Crippen LogP contribution in [0.4, 0.5) is 0 Å². The molecule has 0 aromatic heterocycles. The van der Waals surface area contributed by atoms with E-state index in [-0.39, 0.29) is 6.61 Å². The van der Waals surface area contributed by atoms with Gasteiger partial charge in [0.15, 0.2) is 0 Å². The molecule has 0 aliphatic carbocycles. The Labute approximate surface area is 74.2 Å². The molecule has 0 aromatic rings. The van der Waals surface area contributed by atoms with Crippen molar-refractivity contribution in [2.24, 2.45) is 0 Å². The van der Waals surface area contributed by atoms with Crippen molar-refractivity contribution < 1.29 is 10.2 Å². The van der Waals surface area contributed by atoms with E-state index in [4.69, 9.17) is 5.11 Å². The molecular weight excluding hydrogens is 152 g/mol. The fourth-order valence-corrected chi connectivity index (χ4v) is 0.684. The molecule has 2 heteroatoms. The molecule has 2 nitrogen and oxygen atoms in total. The van der Waals surface area contributed by atoms with Crippen LogP contribution in [-0.4, -0.2) is 22.4 Å². The third-order valence-electron chi connectivity index (χ3n) is 1.30. The van der Waals surface area contributed by atoms with Gasteiger partial charge in [-0.1, -0.05) is 24.3 Å². The number of hydrogen-bond donors (Lipinski definition) is 2. The highest BCUT2D eigenvalue weighted by molar-refractivity contribution is 5.03. The van der Waals surface area contributed by atoms with Crippen LogP contribution in [0.25, 0.3) is 0 Å². The molecule has 2 N–H and O–H groups in total. The minimum Gasteiger partial charge on any atom is -0.396 e. The normalized spacial score (nSPS) is 13.3. The van der Waals surface area contributed by atoms with Gasteiger partial charge in [-0.15, -0.1) is 0 Å². The van der Waals surface area contributed by atoms with Gasteiger partial charge in [-0.2, -0.15) is 0 Å². The maximum absolute atomic E-state index is 9.31. The highest BCUT2D eigenvalue weighted by Crippen LogP contribution is 2.07. The van der Waals surface area contributed by atoms with Gasteiger partial charge in [0.05, 0.1) is 5.60 Å². The van der Waals surface area contributed by atoms with Crippen LogP contribution < -0.4 is 0 Å². The monoisotopic (exact) mass is 170 g/mol. The molecule has 0 saturated heterocycles.